The SMILES string of the molecule is CCCCCc1ccc(C(=O)N(CC(=O)N(Cc2cccn2Cc2cccc(OC)c2)C(C)CC)CC(C)C)cc1. The summed E-state index contributed by atoms with van der Waals surface area (Å²) < 4.78 is 7.57. The van der Waals surface area contributed by atoms with Gasteiger partial charge in [-0.1, -0.05) is 64.8 Å². The van der Waals surface area contributed by atoms with E-state index in [-0.39, 0.29) is 30.3 Å². The highest BCUT2D eigenvalue weighted by atomic mass is 16.5. The van der Waals surface area contributed by atoms with E-state index in [9.17, 15) is 9.59 Å². The van der Waals surface area contributed by atoms with Gasteiger partial charge in [-0.15, -0.1) is 0 Å². The number of aryl methyl sites for hydroxylation is 1. The predicted molar refractivity (Wildman–Crippen MR) is 167 cm³/mol. The molecule has 0 saturated heterocycles. The Balaban J connectivity index is 1.76. The quantitative estimate of drug-likeness (QED) is 0.174. The fraction of sp³-hybridized carbons (Fsp3) is 0.486. The standard InChI is InChI=1S/C35H49N3O3/c1-7-9-10-13-29-17-19-31(20-18-29)35(40)37(23-27(3)4)26-34(39)38(28(5)8-2)25-32-15-12-21-36(32)24-30-14-11-16-33(22-30)41-6/h11-12,14-22,27-28H,7-10,13,23-26H2,1-6H3. The molecule has 0 N–H and O–H groups in total. The molecule has 0 aliphatic carbocycles. The van der Waals surface area contributed by atoms with Crippen molar-refractivity contribution in [3.8, 4) is 5.75 Å². The van der Waals surface area contributed by atoms with Gasteiger partial charge in [-0.05, 0) is 79.6 Å². The Labute approximate surface area is 247 Å². The maximum absolute atomic E-state index is 13.9. The van der Waals surface area contributed by atoms with E-state index < -0.39 is 0 Å². The Hall–Kier alpha value is -3.54. The fourth-order valence-corrected chi connectivity index (χ4v) is 5.09. The van der Waals surface area contributed by atoms with Gasteiger partial charge in [-0.25, -0.2) is 0 Å². The average molecular weight is 560 g/mol. The van der Waals surface area contributed by atoms with E-state index in [2.05, 4.69) is 69.6 Å². The zero-order valence-corrected chi connectivity index (χ0v) is 25.9. The van der Waals surface area contributed by atoms with Crippen molar-refractivity contribution in [2.75, 3.05) is 20.2 Å². The van der Waals surface area contributed by atoms with Crippen molar-refractivity contribution in [3.05, 3.63) is 89.2 Å². The first-order chi connectivity index (χ1) is 19.7. The first kappa shape index (κ1) is 32.0. The molecular formula is C35H49N3O3. The average Bonchev–Trinajstić information content (AvgIpc) is 3.41. The largest absolute Gasteiger partial charge is 0.497 e. The maximum atomic E-state index is 13.9. The second-order valence-electron chi connectivity index (χ2n) is 11.5. The molecule has 0 bridgehead atoms. The van der Waals surface area contributed by atoms with Crippen LogP contribution in [0.15, 0.2) is 66.9 Å². The summed E-state index contributed by atoms with van der Waals surface area (Å²) in [5.41, 5.74) is 4.08. The number of hydrogen-bond acceptors (Lipinski definition) is 3. The lowest BCUT2D eigenvalue weighted by atomic mass is 10.0. The second kappa shape index (κ2) is 16.0. The van der Waals surface area contributed by atoms with Crippen LogP contribution < -0.4 is 4.74 Å². The molecule has 0 saturated carbocycles. The molecule has 0 fully saturated rings. The minimum absolute atomic E-state index is 0.0290. The molecule has 222 valence electrons. The molecule has 6 nitrogen and oxygen atoms in total. The van der Waals surface area contributed by atoms with Gasteiger partial charge in [0.1, 0.15) is 12.3 Å². The van der Waals surface area contributed by atoms with Crippen LogP contribution in [-0.2, 0) is 24.3 Å². The highest BCUT2D eigenvalue weighted by Gasteiger charge is 2.26. The summed E-state index contributed by atoms with van der Waals surface area (Å²) in [6.45, 7) is 12.3. The number of carbonyl (C=O) groups excluding carboxylic acids is 2. The van der Waals surface area contributed by atoms with Crippen molar-refractivity contribution >= 4 is 11.8 Å². The first-order valence-electron chi connectivity index (χ1n) is 15.2. The Morgan fingerprint density at radius 3 is 2.34 bits per heavy atom. The lowest BCUT2D eigenvalue weighted by Crippen LogP contribution is -2.47. The van der Waals surface area contributed by atoms with E-state index in [0.29, 0.717) is 25.2 Å². The zero-order chi connectivity index (χ0) is 29.8. The Morgan fingerprint density at radius 1 is 0.927 bits per heavy atom. The molecule has 0 aliphatic heterocycles. The van der Waals surface area contributed by atoms with Gasteiger partial charge in [-0.2, -0.15) is 0 Å². The van der Waals surface area contributed by atoms with Gasteiger partial charge in [0.25, 0.3) is 5.91 Å². The number of rotatable bonds is 16. The Morgan fingerprint density at radius 2 is 1.68 bits per heavy atom. The molecule has 1 heterocycles. The van der Waals surface area contributed by atoms with Crippen molar-refractivity contribution in [2.45, 2.75) is 85.9 Å². The van der Waals surface area contributed by atoms with Crippen LogP contribution in [0.25, 0.3) is 0 Å². The lowest BCUT2D eigenvalue weighted by Gasteiger charge is -2.32. The topological polar surface area (TPSA) is 54.8 Å². The van der Waals surface area contributed by atoms with E-state index in [1.165, 1.54) is 18.4 Å². The van der Waals surface area contributed by atoms with Crippen molar-refractivity contribution < 1.29 is 14.3 Å². The summed E-state index contributed by atoms with van der Waals surface area (Å²) in [7, 11) is 1.67. The van der Waals surface area contributed by atoms with Crippen LogP contribution in [0, 0.1) is 5.92 Å². The number of carbonyl (C=O) groups is 2. The molecule has 1 aromatic heterocycles. The Bertz CT molecular complexity index is 1230. The molecule has 0 radical (unpaired) electrons. The fourth-order valence-electron chi connectivity index (χ4n) is 5.09. The zero-order valence-electron chi connectivity index (χ0n) is 25.9. The van der Waals surface area contributed by atoms with Gasteiger partial charge in [0.05, 0.1) is 13.7 Å². The van der Waals surface area contributed by atoms with E-state index in [0.717, 1.165) is 36.3 Å². The smallest absolute Gasteiger partial charge is 0.254 e. The van der Waals surface area contributed by atoms with E-state index in [1.807, 2.05) is 41.3 Å². The molecule has 2 aromatic carbocycles. The van der Waals surface area contributed by atoms with Crippen LogP contribution in [-0.4, -0.2) is 52.4 Å². The molecule has 3 rings (SSSR count). The van der Waals surface area contributed by atoms with Crippen molar-refractivity contribution in [2.24, 2.45) is 5.92 Å². The number of nitrogens with zero attached hydrogens (tertiary/aromatic N) is 3. The molecule has 1 atom stereocenters. The van der Waals surface area contributed by atoms with Gasteiger partial charge in [0.15, 0.2) is 0 Å². The van der Waals surface area contributed by atoms with Crippen LogP contribution in [0.5, 0.6) is 5.75 Å². The number of ether oxygens (including phenoxy) is 1. The summed E-state index contributed by atoms with van der Waals surface area (Å²) >= 11 is 0. The highest BCUT2D eigenvalue weighted by molar-refractivity contribution is 5.96. The summed E-state index contributed by atoms with van der Waals surface area (Å²) in [6, 6.07) is 20.1. The molecule has 3 aromatic rings. The molecule has 0 aliphatic rings. The minimum atomic E-state index is -0.0855. The van der Waals surface area contributed by atoms with Crippen LogP contribution >= 0.6 is 0 Å². The van der Waals surface area contributed by atoms with Gasteiger partial charge < -0.3 is 19.1 Å². The minimum Gasteiger partial charge on any atom is -0.497 e. The van der Waals surface area contributed by atoms with E-state index in [1.54, 1.807) is 12.0 Å². The number of methoxy groups -OCH3 is 1. The summed E-state index contributed by atoms with van der Waals surface area (Å²) in [6.07, 6.45) is 7.47. The Kier molecular flexibility index (Phi) is 12.5. The summed E-state index contributed by atoms with van der Waals surface area (Å²) in [5, 5.41) is 0. The number of aromatic nitrogens is 1. The third-order valence-electron chi connectivity index (χ3n) is 7.65. The second-order valence-corrected chi connectivity index (χ2v) is 11.5. The third-order valence-corrected chi connectivity index (χ3v) is 7.65. The van der Waals surface area contributed by atoms with Gasteiger partial charge in [0.2, 0.25) is 5.91 Å². The van der Waals surface area contributed by atoms with Crippen LogP contribution in [0.3, 0.4) is 0 Å². The van der Waals surface area contributed by atoms with E-state index >= 15 is 0 Å². The van der Waals surface area contributed by atoms with Gasteiger partial charge in [0, 0.05) is 36.6 Å². The van der Waals surface area contributed by atoms with Crippen LogP contribution in [0.2, 0.25) is 0 Å². The normalized spacial score (nSPS) is 11.9. The van der Waals surface area contributed by atoms with Gasteiger partial charge in [-0.3, -0.25) is 9.59 Å². The molecule has 0 spiro atoms. The number of benzene rings is 2. The van der Waals surface area contributed by atoms with Crippen LogP contribution in [0.4, 0.5) is 0 Å². The summed E-state index contributed by atoms with van der Waals surface area (Å²) in [5.74, 6) is 0.960. The van der Waals surface area contributed by atoms with Crippen molar-refractivity contribution in [3.63, 3.8) is 0 Å². The number of hydrogen-bond donors (Lipinski definition) is 0. The molecule has 6 heteroatoms. The monoisotopic (exact) mass is 559 g/mol. The van der Waals surface area contributed by atoms with Crippen molar-refractivity contribution in [1.29, 1.82) is 0 Å². The molecular weight excluding hydrogens is 510 g/mol. The number of unbranched alkanes of at least 4 members (excludes halogenated alkanes) is 2. The maximum Gasteiger partial charge on any atom is 0.254 e. The molecule has 2 amide bonds. The van der Waals surface area contributed by atoms with Crippen LogP contribution in [0.1, 0.15) is 87.5 Å². The molecule has 1 unspecified atom stereocenters. The van der Waals surface area contributed by atoms with E-state index in [4.69, 9.17) is 4.74 Å². The van der Waals surface area contributed by atoms with Crippen molar-refractivity contribution in [1.82, 2.24) is 14.4 Å². The molecule has 41 heavy (non-hydrogen) atoms. The summed E-state index contributed by atoms with van der Waals surface area (Å²) in [4.78, 5) is 31.1. The third kappa shape index (κ3) is 9.51. The first-order valence-corrected chi connectivity index (χ1v) is 15.2. The lowest BCUT2D eigenvalue weighted by molar-refractivity contribution is -0.134. The predicted octanol–water partition coefficient (Wildman–Crippen LogP) is 7.20. The number of amides is 2. The highest BCUT2D eigenvalue weighted by Crippen LogP contribution is 2.19. The van der Waals surface area contributed by atoms with Gasteiger partial charge >= 0.3 is 0 Å².